The quantitative estimate of drug-likeness (QED) is 0.543. The second kappa shape index (κ2) is 8.75. The predicted molar refractivity (Wildman–Crippen MR) is 119 cm³/mol. The van der Waals surface area contributed by atoms with Crippen LogP contribution in [0.15, 0.2) is 48.5 Å². The molecule has 0 aliphatic heterocycles. The van der Waals surface area contributed by atoms with Crippen LogP contribution in [0, 0.1) is 6.92 Å². The summed E-state index contributed by atoms with van der Waals surface area (Å²) in [5.41, 5.74) is 5.71. The molecule has 0 amide bonds. The van der Waals surface area contributed by atoms with Crippen molar-refractivity contribution in [1.29, 1.82) is 0 Å². The van der Waals surface area contributed by atoms with Gasteiger partial charge in [-0.05, 0) is 67.4 Å². The lowest BCUT2D eigenvalue weighted by molar-refractivity contribution is -0.152. The highest BCUT2D eigenvalue weighted by molar-refractivity contribution is 5.83. The van der Waals surface area contributed by atoms with E-state index in [0.29, 0.717) is 19.4 Å². The molecule has 0 saturated heterocycles. The Labute approximate surface area is 179 Å². The molecule has 30 heavy (non-hydrogen) atoms. The molecule has 0 aromatic heterocycles. The zero-order valence-corrected chi connectivity index (χ0v) is 17.9. The minimum atomic E-state index is -0.957. The number of ether oxygens (including phenoxy) is 1. The number of esters is 1. The van der Waals surface area contributed by atoms with Crippen molar-refractivity contribution in [3.05, 3.63) is 76.4 Å². The molecule has 0 saturated carbocycles. The Balaban J connectivity index is 1.68. The van der Waals surface area contributed by atoms with Gasteiger partial charge in [0, 0.05) is 18.4 Å². The molecule has 2 aliphatic carbocycles. The summed E-state index contributed by atoms with van der Waals surface area (Å²) in [6.45, 7) is 4.23. The number of nitrogens with one attached hydrogen (secondary N) is 1. The molecule has 4 rings (SSSR count). The Morgan fingerprint density at radius 3 is 2.50 bits per heavy atom. The van der Waals surface area contributed by atoms with E-state index in [1.54, 1.807) is 0 Å². The minimum Gasteiger partial charge on any atom is -0.465 e. The average molecular weight is 406 g/mol. The number of allylic oxidation sites excluding steroid dienone is 2. The summed E-state index contributed by atoms with van der Waals surface area (Å²) in [7, 11) is 0. The van der Waals surface area contributed by atoms with Crippen LogP contribution < -0.4 is 5.32 Å². The van der Waals surface area contributed by atoms with Gasteiger partial charge >= 0.3 is 5.97 Å². The topological polar surface area (TPSA) is 58.6 Å². The zero-order chi connectivity index (χ0) is 21.1. The SMILES string of the molecule is CCOC(=O)C1(NC(O)c2cccc(C)c2C2=CCCCC2)Cc2ccccc2C1. The van der Waals surface area contributed by atoms with Crippen molar-refractivity contribution >= 4 is 11.5 Å². The molecule has 0 bridgehead atoms. The number of hydrogen-bond acceptors (Lipinski definition) is 4. The van der Waals surface area contributed by atoms with E-state index in [-0.39, 0.29) is 5.97 Å². The second-order valence-corrected chi connectivity index (χ2v) is 8.49. The van der Waals surface area contributed by atoms with Crippen LogP contribution in [0.2, 0.25) is 0 Å². The van der Waals surface area contributed by atoms with Gasteiger partial charge in [-0.15, -0.1) is 0 Å². The van der Waals surface area contributed by atoms with Crippen molar-refractivity contribution in [1.82, 2.24) is 5.32 Å². The van der Waals surface area contributed by atoms with E-state index in [0.717, 1.165) is 40.7 Å². The molecule has 2 aliphatic rings. The molecule has 0 fully saturated rings. The molecule has 158 valence electrons. The molecule has 4 nitrogen and oxygen atoms in total. The summed E-state index contributed by atoms with van der Waals surface area (Å²) >= 11 is 0. The molecule has 2 aromatic carbocycles. The number of carbonyl (C=O) groups excluding carboxylic acids is 1. The maximum atomic E-state index is 13.0. The standard InChI is InChI=1S/C26H31NO3/c1-3-30-25(29)26(16-20-13-7-8-14-21(20)17-26)27-24(28)22-15-9-10-18(2)23(22)19-11-5-4-6-12-19/h7-11,13-15,24,27-28H,3-6,12,16-17H2,1-2H3. The van der Waals surface area contributed by atoms with E-state index in [2.05, 4.69) is 36.5 Å². The lowest BCUT2D eigenvalue weighted by Gasteiger charge is -2.32. The molecule has 0 heterocycles. The molecular formula is C26H31NO3. The van der Waals surface area contributed by atoms with Gasteiger partial charge in [0.25, 0.3) is 0 Å². The van der Waals surface area contributed by atoms with Crippen LogP contribution in [0.3, 0.4) is 0 Å². The molecule has 1 atom stereocenters. The normalized spacial score (nSPS) is 18.4. The van der Waals surface area contributed by atoms with E-state index >= 15 is 0 Å². The van der Waals surface area contributed by atoms with Crippen molar-refractivity contribution in [3.8, 4) is 0 Å². The molecule has 0 spiro atoms. The number of aliphatic hydroxyl groups excluding tert-OH is 1. The number of aryl methyl sites for hydroxylation is 1. The van der Waals surface area contributed by atoms with E-state index in [9.17, 15) is 9.90 Å². The van der Waals surface area contributed by atoms with Gasteiger partial charge in [-0.3, -0.25) is 10.1 Å². The third-order valence-electron chi connectivity index (χ3n) is 6.39. The first-order valence-corrected chi connectivity index (χ1v) is 11.0. The van der Waals surface area contributed by atoms with Crippen LogP contribution in [-0.2, 0) is 22.4 Å². The summed E-state index contributed by atoms with van der Waals surface area (Å²) in [6, 6.07) is 14.1. The van der Waals surface area contributed by atoms with Crippen LogP contribution in [0.4, 0.5) is 0 Å². The zero-order valence-electron chi connectivity index (χ0n) is 17.9. The highest BCUT2D eigenvalue weighted by Crippen LogP contribution is 2.37. The van der Waals surface area contributed by atoms with Gasteiger partial charge in [0.15, 0.2) is 0 Å². The fraction of sp³-hybridized carbons (Fsp3) is 0.423. The van der Waals surface area contributed by atoms with Crippen molar-refractivity contribution in [2.75, 3.05) is 6.61 Å². The molecular weight excluding hydrogens is 374 g/mol. The largest absolute Gasteiger partial charge is 0.465 e. The molecule has 0 radical (unpaired) electrons. The number of carbonyl (C=O) groups is 1. The third kappa shape index (κ3) is 3.94. The first-order chi connectivity index (χ1) is 14.5. The summed E-state index contributed by atoms with van der Waals surface area (Å²) in [4.78, 5) is 13.0. The smallest absolute Gasteiger partial charge is 0.327 e. The van der Waals surface area contributed by atoms with Crippen molar-refractivity contribution in [2.45, 2.75) is 64.1 Å². The summed E-state index contributed by atoms with van der Waals surface area (Å²) in [5.74, 6) is -0.300. The Bertz CT molecular complexity index is 938. The van der Waals surface area contributed by atoms with Gasteiger partial charge in [-0.25, -0.2) is 0 Å². The maximum Gasteiger partial charge on any atom is 0.327 e. The monoisotopic (exact) mass is 405 g/mol. The van der Waals surface area contributed by atoms with Crippen molar-refractivity contribution < 1.29 is 14.6 Å². The highest BCUT2D eigenvalue weighted by atomic mass is 16.5. The maximum absolute atomic E-state index is 13.0. The number of benzene rings is 2. The summed E-state index contributed by atoms with van der Waals surface area (Å²) < 4.78 is 5.44. The lowest BCUT2D eigenvalue weighted by atomic mass is 9.86. The van der Waals surface area contributed by atoms with E-state index in [1.807, 2.05) is 31.2 Å². The number of rotatable bonds is 6. The Kier molecular flexibility index (Phi) is 6.07. The predicted octanol–water partition coefficient (Wildman–Crippen LogP) is 4.63. The van der Waals surface area contributed by atoms with Gasteiger partial charge < -0.3 is 9.84 Å². The highest BCUT2D eigenvalue weighted by Gasteiger charge is 2.46. The van der Waals surface area contributed by atoms with Crippen LogP contribution in [0.5, 0.6) is 0 Å². The molecule has 2 aromatic rings. The second-order valence-electron chi connectivity index (χ2n) is 8.49. The first-order valence-electron chi connectivity index (χ1n) is 11.0. The Hall–Kier alpha value is -2.43. The Morgan fingerprint density at radius 2 is 1.87 bits per heavy atom. The van der Waals surface area contributed by atoms with E-state index in [1.165, 1.54) is 18.4 Å². The van der Waals surface area contributed by atoms with Crippen LogP contribution in [0.25, 0.3) is 5.57 Å². The van der Waals surface area contributed by atoms with Gasteiger partial charge in [0.1, 0.15) is 11.8 Å². The van der Waals surface area contributed by atoms with Gasteiger partial charge in [-0.1, -0.05) is 48.5 Å². The number of hydrogen-bond donors (Lipinski definition) is 2. The molecule has 1 unspecified atom stereocenters. The minimum absolute atomic E-state index is 0.300. The summed E-state index contributed by atoms with van der Waals surface area (Å²) in [5, 5.41) is 14.6. The molecule has 4 heteroatoms. The van der Waals surface area contributed by atoms with Crippen molar-refractivity contribution in [3.63, 3.8) is 0 Å². The van der Waals surface area contributed by atoms with Gasteiger partial charge in [0.05, 0.1) is 6.61 Å². The van der Waals surface area contributed by atoms with E-state index < -0.39 is 11.8 Å². The fourth-order valence-electron chi connectivity index (χ4n) is 4.95. The first kappa shape index (κ1) is 20.8. The third-order valence-corrected chi connectivity index (χ3v) is 6.39. The average Bonchev–Trinajstić information content (AvgIpc) is 3.13. The lowest BCUT2D eigenvalue weighted by Crippen LogP contribution is -2.55. The van der Waals surface area contributed by atoms with E-state index in [4.69, 9.17) is 4.74 Å². The van der Waals surface area contributed by atoms with Crippen LogP contribution in [0.1, 0.15) is 66.7 Å². The van der Waals surface area contributed by atoms with Gasteiger partial charge in [0.2, 0.25) is 0 Å². The van der Waals surface area contributed by atoms with Crippen LogP contribution in [-0.4, -0.2) is 23.2 Å². The Morgan fingerprint density at radius 1 is 1.13 bits per heavy atom. The van der Waals surface area contributed by atoms with Crippen molar-refractivity contribution in [2.24, 2.45) is 0 Å². The number of fused-ring (bicyclic) bond motifs is 1. The van der Waals surface area contributed by atoms with Crippen LogP contribution >= 0.6 is 0 Å². The number of aliphatic hydroxyl groups is 1. The molecule has 2 N–H and O–H groups in total. The fourth-order valence-corrected chi connectivity index (χ4v) is 4.95. The van der Waals surface area contributed by atoms with Gasteiger partial charge in [-0.2, -0.15) is 0 Å². The summed E-state index contributed by atoms with van der Waals surface area (Å²) in [6.07, 6.45) is 6.87.